The van der Waals surface area contributed by atoms with Crippen molar-refractivity contribution in [2.45, 2.75) is 6.92 Å². The van der Waals surface area contributed by atoms with Crippen LogP contribution in [0.3, 0.4) is 0 Å². The van der Waals surface area contributed by atoms with Gasteiger partial charge in [-0.2, -0.15) is 5.26 Å². The first-order valence-corrected chi connectivity index (χ1v) is 4.76. The van der Waals surface area contributed by atoms with E-state index in [-0.39, 0.29) is 22.8 Å². The summed E-state index contributed by atoms with van der Waals surface area (Å²) in [4.78, 5) is 22.1. The number of rotatable bonds is 3. The number of ketones is 1. The SMILES string of the molecule is Cc1cc(C(=O)CCl)c(C=O)cc1C#N. The minimum Gasteiger partial charge on any atom is -0.298 e. The summed E-state index contributed by atoms with van der Waals surface area (Å²) in [5.74, 6) is -0.488. The van der Waals surface area contributed by atoms with Crippen LogP contribution in [0.25, 0.3) is 0 Å². The molecule has 4 heteroatoms. The van der Waals surface area contributed by atoms with Gasteiger partial charge in [0.1, 0.15) is 0 Å². The molecular formula is C11H8ClNO2. The molecule has 0 bridgehead atoms. The fraction of sp³-hybridized carbons (Fsp3) is 0.182. The Morgan fingerprint density at radius 1 is 1.60 bits per heavy atom. The van der Waals surface area contributed by atoms with Gasteiger partial charge in [0, 0.05) is 11.1 Å². The van der Waals surface area contributed by atoms with Crippen LogP contribution in [0.15, 0.2) is 12.1 Å². The fourth-order valence-corrected chi connectivity index (χ4v) is 1.40. The number of nitriles is 1. The molecule has 1 rings (SSSR count). The molecule has 1 aromatic rings. The zero-order chi connectivity index (χ0) is 11.4. The van der Waals surface area contributed by atoms with Gasteiger partial charge >= 0.3 is 0 Å². The van der Waals surface area contributed by atoms with Crippen LogP contribution in [0.1, 0.15) is 31.8 Å². The maximum absolute atomic E-state index is 11.4. The van der Waals surface area contributed by atoms with Crippen LogP contribution in [-0.2, 0) is 0 Å². The normalized spacial score (nSPS) is 9.40. The van der Waals surface area contributed by atoms with Gasteiger partial charge in [0.15, 0.2) is 12.1 Å². The van der Waals surface area contributed by atoms with Gasteiger partial charge in [0.25, 0.3) is 0 Å². The van der Waals surface area contributed by atoms with E-state index in [0.29, 0.717) is 17.4 Å². The van der Waals surface area contributed by atoms with Crippen LogP contribution in [-0.4, -0.2) is 17.9 Å². The van der Waals surface area contributed by atoms with E-state index in [1.165, 1.54) is 12.1 Å². The third-order valence-electron chi connectivity index (χ3n) is 2.07. The number of carbonyl (C=O) groups is 2. The summed E-state index contributed by atoms with van der Waals surface area (Å²) in [6.45, 7) is 1.71. The molecule has 0 aliphatic rings. The van der Waals surface area contributed by atoms with Crippen molar-refractivity contribution in [2.75, 3.05) is 5.88 Å². The van der Waals surface area contributed by atoms with Crippen molar-refractivity contribution >= 4 is 23.7 Å². The second-order valence-electron chi connectivity index (χ2n) is 3.04. The van der Waals surface area contributed by atoms with E-state index in [1.54, 1.807) is 6.92 Å². The zero-order valence-electron chi connectivity index (χ0n) is 8.08. The maximum Gasteiger partial charge on any atom is 0.178 e. The van der Waals surface area contributed by atoms with E-state index >= 15 is 0 Å². The van der Waals surface area contributed by atoms with Crippen molar-refractivity contribution in [2.24, 2.45) is 0 Å². The summed E-state index contributed by atoms with van der Waals surface area (Å²) in [5.41, 5.74) is 1.54. The summed E-state index contributed by atoms with van der Waals surface area (Å²) >= 11 is 5.41. The lowest BCUT2D eigenvalue weighted by Gasteiger charge is -2.04. The molecule has 0 saturated carbocycles. The molecule has 0 spiro atoms. The molecule has 0 N–H and O–H groups in total. The second kappa shape index (κ2) is 4.72. The highest BCUT2D eigenvalue weighted by atomic mass is 35.5. The van der Waals surface area contributed by atoms with Crippen molar-refractivity contribution in [3.05, 3.63) is 34.4 Å². The Labute approximate surface area is 92.3 Å². The van der Waals surface area contributed by atoms with Crippen LogP contribution in [0.5, 0.6) is 0 Å². The number of carbonyl (C=O) groups excluding carboxylic acids is 2. The number of Topliss-reactive ketones (excluding diaryl/α,β-unsaturated/α-hetero) is 1. The van der Waals surface area contributed by atoms with Crippen molar-refractivity contribution in [3.63, 3.8) is 0 Å². The molecule has 3 nitrogen and oxygen atoms in total. The van der Waals surface area contributed by atoms with E-state index < -0.39 is 0 Å². The first kappa shape index (κ1) is 11.4. The van der Waals surface area contributed by atoms with Gasteiger partial charge in [0.2, 0.25) is 0 Å². The highest BCUT2D eigenvalue weighted by molar-refractivity contribution is 6.31. The van der Waals surface area contributed by atoms with Crippen molar-refractivity contribution < 1.29 is 9.59 Å². The van der Waals surface area contributed by atoms with E-state index in [1.807, 2.05) is 6.07 Å². The average Bonchev–Trinajstić information content (AvgIpc) is 2.27. The fourth-order valence-electron chi connectivity index (χ4n) is 1.26. The predicted octanol–water partition coefficient (Wildman–Crippen LogP) is 2.10. The smallest absolute Gasteiger partial charge is 0.178 e. The minimum absolute atomic E-state index is 0.174. The molecule has 1 aromatic carbocycles. The molecule has 0 aromatic heterocycles. The highest BCUT2D eigenvalue weighted by Crippen LogP contribution is 2.15. The Bertz CT molecular complexity index is 460. The van der Waals surface area contributed by atoms with Crippen LogP contribution in [0.4, 0.5) is 0 Å². The molecule has 76 valence electrons. The molecule has 0 aliphatic heterocycles. The molecule has 0 unspecified atom stereocenters. The van der Waals surface area contributed by atoms with Crippen molar-refractivity contribution in [1.82, 2.24) is 0 Å². The van der Waals surface area contributed by atoms with E-state index in [2.05, 4.69) is 0 Å². The van der Waals surface area contributed by atoms with Gasteiger partial charge in [-0.05, 0) is 24.6 Å². The number of benzene rings is 1. The lowest BCUT2D eigenvalue weighted by molar-refractivity contribution is 0.101. The van der Waals surface area contributed by atoms with Crippen LogP contribution >= 0.6 is 11.6 Å². The highest BCUT2D eigenvalue weighted by Gasteiger charge is 2.12. The van der Waals surface area contributed by atoms with E-state index in [9.17, 15) is 9.59 Å². The third-order valence-corrected chi connectivity index (χ3v) is 2.31. The van der Waals surface area contributed by atoms with Gasteiger partial charge in [-0.25, -0.2) is 0 Å². The Balaban J connectivity index is 3.41. The molecule has 0 atom stereocenters. The molecular weight excluding hydrogens is 214 g/mol. The van der Waals surface area contributed by atoms with E-state index in [0.717, 1.165) is 0 Å². The lowest BCUT2D eigenvalue weighted by Crippen LogP contribution is -2.06. The number of halogens is 1. The molecule has 0 radical (unpaired) electrons. The van der Waals surface area contributed by atoms with Gasteiger partial charge in [-0.15, -0.1) is 11.6 Å². The molecule has 0 saturated heterocycles. The first-order chi connectivity index (χ1) is 7.13. The van der Waals surface area contributed by atoms with Gasteiger partial charge < -0.3 is 0 Å². The van der Waals surface area contributed by atoms with Crippen molar-refractivity contribution in [1.29, 1.82) is 5.26 Å². The Morgan fingerprint density at radius 2 is 2.27 bits per heavy atom. The number of hydrogen-bond acceptors (Lipinski definition) is 3. The number of alkyl halides is 1. The summed E-state index contributed by atoms with van der Waals surface area (Å²) in [7, 11) is 0. The molecule has 0 aliphatic carbocycles. The largest absolute Gasteiger partial charge is 0.298 e. The summed E-state index contributed by atoms with van der Waals surface area (Å²) in [5, 5.41) is 8.75. The predicted molar refractivity (Wildman–Crippen MR) is 56.3 cm³/mol. The average molecular weight is 222 g/mol. The molecule has 0 fully saturated rings. The standard InChI is InChI=1S/C11H8ClNO2/c1-7-2-10(11(15)4-12)9(6-14)3-8(7)5-13/h2-3,6H,4H2,1H3. The maximum atomic E-state index is 11.4. The topological polar surface area (TPSA) is 57.9 Å². The Hall–Kier alpha value is -1.66. The monoisotopic (exact) mass is 221 g/mol. The quantitative estimate of drug-likeness (QED) is 0.446. The van der Waals surface area contributed by atoms with Gasteiger partial charge in [-0.1, -0.05) is 0 Å². The third kappa shape index (κ3) is 2.23. The lowest BCUT2D eigenvalue weighted by atomic mass is 9.98. The number of hydrogen-bond donors (Lipinski definition) is 0. The van der Waals surface area contributed by atoms with Crippen molar-refractivity contribution in [3.8, 4) is 6.07 Å². The Morgan fingerprint density at radius 3 is 2.73 bits per heavy atom. The number of aldehydes is 1. The second-order valence-corrected chi connectivity index (χ2v) is 3.31. The molecule has 0 amide bonds. The van der Waals surface area contributed by atoms with Gasteiger partial charge in [0.05, 0.1) is 17.5 Å². The summed E-state index contributed by atoms with van der Waals surface area (Å²) < 4.78 is 0. The Kier molecular flexibility index (Phi) is 3.59. The number of nitrogens with zero attached hydrogens (tertiary/aromatic N) is 1. The molecule has 15 heavy (non-hydrogen) atoms. The van der Waals surface area contributed by atoms with E-state index in [4.69, 9.17) is 16.9 Å². The summed E-state index contributed by atoms with van der Waals surface area (Å²) in [6, 6.07) is 4.88. The minimum atomic E-state index is -0.314. The van der Waals surface area contributed by atoms with Gasteiger partial charge in [-0.3, -0.25) is 9.59 Å². The zero-order valence-corrected chi connectivity index (χ0v) is 8.84. The van der Waals surface area contributed by atoms with Crippen LogP contribution in [0.2, 0.25) is 0 Å². The van der Waals surface area contributed by atoms with Crippen LogP contribution in [0, 0.1) is 18.3 Å². The molecule has 0 heterocycles. The first-order valence-electron chi connectivity index (χ1n) is 4.23. The summed E-state index contributed by atoms with van der Waals surface area (Å²) in [6.07, 6.45) is 0.556. The van der Waals surface area contributed by atoms with Crippen LogP contribution < -0.4 is 0 Å². The number of aryl methyl sites for hydroxylation is 1.